The van der Waals surface area contributed by atoms with Gasteiger partial charge in [-0.1, -0.05) is 60.7 Å². The fourth-order valence-electron chi connectivity index (χ4n) is 4.00. The molecule has 35 heavy (non-hydrogen) atoms. The smallest absolute Gasteiger partial charge is 0.324 e. The minimum absolute atomic E-state index is 0.250. The van der Waals surface area contributed by atoms with Crippen LogP contribution >= 0.6 is 0 Å². The third-order valence-electron chi connectivity index (χ3n) is 5.85. The molecule has 1 fully saturated rings. The lowest BCUT2D eigenvalue weighted by Gasteiger charge is -2.28. The normalized spacial score (nSPS) is 15.6. The molecule has 0 radical (unpaired) electrons. The highest BCUT2D eigenvalue weighted by Crippen LogP contribution is 2.33. The number of hydrogen-bond acceptors (Lipinski definition) is 6. The Morgan fingerprint density at radius 2 is 1.63 bits per heavy atom. The average Bonchev–Trinajstić information content (AvgIpc) is 3.23. The van der Waals surface area contributed by atoms with E-state index in [9.17, 15) is 9.59 Å². The molecule has 3 aromatic rings. The van der Waals surface area contributed by atoms with E-state index < -0.39 is 11.9 Å². The number of benzene rings is 3. The van der Waals surface area contributed by atoms with Crippen LogP contribution in [-0.4, -0.2) is 49.9 Å². The standard InChI is InChI=1S/C28H28N2O5/c1-33-22-13-14-23(25(17-22)34-2)29-27(26-24(31)19-35-28(26)32)30(18-21-11-7-4-8-12-21)16-15-20-9-5-3-6-10-20/h3-14,17,26H,15-16,18-19H2,1-2H3. The number of aliphatic imine (C=N–C) groups is 1. The van der Waals surface area contributed by atoms with Crippen molar-refractivity contribution in [1.82, 2.24) is 4.90 Å². The summed E-state index contributed by atoms with van der Waals surface area (Å²) in [5.41, 5.74) is 2.68. The number of amidine groups is 1. The molecular formula is C28H28N2O5. The third-order valence-corrected chi connectivity index (χ3v) is 5.85. The number of ether oxygens (including phenoxy) is 3. The fourth-order valence-corrected chi connectivity index (χ4v) is 4.00. The van der Waals surface area contributed by atoms with Crippen LogP contribution in [0.2, 0.25) is 0 Å². The number of hydrogen-bond donors (Lipinski definition) is 0. The van der Waals surface area contributed by atoms with Crippen molar-refractivity contribution in [3.8, 4) is 11.5 Å². The van der Waals surface area contributed by atoms with Crippen LogP contribution in [0.25, 0.3) is 0 Å². The summed E-state index contributed by atoms with van der Waals surface area (Å²) in [6.07, 6.45) is 0.711. The number of rotatable bonds is 9. The van der Waals surface area contributed by atoms with Gasteiger partial charge in [-0.3, -0.25) is 9.59 Å². The van der Waals surface area contributed by atoms with E-state index in [4.69, 9.17) is 19.2 Å². The Labute approximate surface area is 205 Å². The van der Waals surface area contributed by atoms with Crippen LogP contribution in [0.1, 0.15) is 11.1 Å². The van der Waals surface area contributed by atoms with Crippen LogP contribution in [0.3, 0.4) is 0 Å². The first-order valence-corrected chi connectivity index (χ1v) is 11.4. The molecule has 0 saturated carbocycles. The molecule has 0 amide bonds. The van der Waals surface area contributed by atoms with Gasteiger partial charge in [0.05, 0.1) is 14.2 Å². The lowest BCUT2D eigenvalue weighted by atomic mass is 10.0. The molecule has 1 atom stereocenters. The maximum atomic E-state index is 12.8. The highest BCUT2D eigenvalue weighted by Gasteiger charge is 2.42. The molecule has 7 nitrogen and oxygen atoms in total. The largest absolute Gasteiger partial charge is 0.497 e. The van der Waals surface area contributed by atoms with Crippen molar-refractivity contribution in [3.05, 3.63) is 90.0 Å². The molecule has 0 aromatic heterocycles. The Morgan fingerprint density at radius 3 is 2.23 bits per heavy atom. The summed E-state index contributed by atoms with van der Waals surface area (Å²) < 4.78 is 15.9. The molecule has 0 aliphatic carbocycles. The van der Waals surface area contributed by atoms with E-state index >= 15 is 0 Å². The summed E-state index contributed by atoms with van der Waals surface area (Å²) in [5, 5.41) is 0. The molecule has 1 saturated heterocycles. The van der Waals surface area contributed by atoms with Gasteiger partial charge >= 0.3 is 5.97 Å². The Bertz CT molecular complexity index is 1180. The minimum atomic E-state index is -1.10. The second-order valence-electron chi connectivity index (χ2n) is 8.16. The van der Waals surface area contributed by atoms with E-state index in [1.807, 2.05) is 53.4 Å². The zero-order valence-electron chi connectivity index (χ0n) is 19.8. The van der Waals surface area contributed by atoms with Crippen LogP contribution < -0.4 is 9.47 Å². The van der Waals surface area contributed by atoms with Crippen LogP contribution in [0.5, 0.6) is 11.5 Å². The molecule has 1 unspecified atom stereocenters. The van der Waals surface area contributed by atoms with E-state index in [-0.39, 0.29) is 12.4 Å². The number of esters is 1. The van der Waals surface area contributed by atoms with Crippen molar-refractivity contribution in [2.45, 2.75) is 13.0 Å². The lowest BCUT2D eigenvalue weighted by molar-refractivity contribution is -0.139. The topological polar surface area (TPSA) is 77.4 Å². The van der Waals surface area contributed by atoms with Crippen LogP contribution in [-0.2, 0) is 27.3 Å². The first-order valence-electron chi connectivity index (χ1n) is 11.4. The highest BCUT2D eigenvalue weighted by atomic mass is 16.5. The molecule has 0 spiro atoms. The second kappa shape index (κ2) is 11.3. The van der Waals surface area contributed by atoms with Gasteiger partial charge in [0.1, 0.15) is 23.0 Å². The van der Waals surface area contributed by atoms with Crippen LogP contribution in [0.4, 0.5) is 5.69 Å². The zero-order chi connectivity index (χ0) is 24.6. The predicted octanol–water partition coefficient (Wildman–Crippen LogP) is 4.22. The summed E-state index contributed by atoms with van der Waals surface area (Å²) in [4.78, 5) is 32.3. The van der Waals surface area contributed by atoms with Gasteiger partial charge in [0.15, 0.2) is 18.3 Å². The third kappa shape index (κ3) is 5.87. The van der Waals surface area contributed by atoms with Gasteiger partial charge in [0, 0.05) is 19.2 Å². The first kappa shape index (κ1) is 24.0. The number of ketones is 1. The Hall–Kier alpha value is -4.13. The van der Waals surface area contributed by atoms with Crippen molar-refractivity contribution in [2.24, 2.45) is 10.9 Å². The summed E-state index contributed by atoms with van der Waals surface area (Å²) in [7, 11) is 3.11. The second-order valence-corrected chi connectivity index (χ2v) is 8.16. The summed E-state index contributed by atoms with van der Waals surface area (Å²) in [5.74, 6) is -0.549. The molecule has 0 bridgehead atoms. The maximum absolute atomic E-state index is 12.8. The zero-order valence-corrected chi connectivity index (χ0v) is 19.8. The Morgan fingerprint density at radius 1 is 0.943 bits per heavy atom. The van der Waals surface area contributed by atoms with Crippen molar-refractivity contribution in [3.63, 3.8) is 0 Å². The van der Waals surface area contributed by atoms with Gasteiger partial charge in [-0.05, 0) is 29.7 Å². The number of methoxy groups -OCH3 is 2. The average molecular weight is 473 g/mol. The van der Waals surface area contributed by atoms with Gasteiger partial charge in [-0.25, -0.2) is 4.99 Å². The number of carbonyl (C=O) groups excluding carboxylic acids is 2. The van der Waals surface area contributed by atoms with Crippen molar-refractivity contribution >= 4 is 23.3 Å². The molecule has 180 valence electrons. The van der Waals surface area contributed by atoms with E-state index in [2.05, 4.69) is 12.1 Å². The van der Waals surface area contributed by atoms with Crippen molar-refractivity contribution < 1.29 is 23.8 Å². The molecular weight excluding hydrogens is 444 g/mol. The molecule has 1 heterocycles. The molecule has 1 aliphatic heterocycles. The minimum Gasteiger partial charge on any atom is -0.497 e. The molecule has 3 aromatic carbocycles. The molecule has 1 aliphatic rings. The molecule has 7 heteroatoms. The Balaban J connectivity index is 1.78. The fraction of sp³-hybridized carbons (Fsp3) is 0.250. The quantitative estimate of drug-likeness (QED) is 0.201. The first-order chi connectivity index (χ1) is 17.1. The monoisotopic (exact) mass is 472 g/mol. The predicted molar refractivity (Wildman–Crippen MR) is 133 cm³/mol. The van der Waals surface area contributed by atoms with Gasteiger partial charge in [-0.15, -0.1) is 0 Å². The van der Waals surface area contributed by atoms with Gasteiger partial charge in [-0.2, -0.15) is 0 Å². The molecule has 4 rings (SSSR count). The summed E-state index contributed by atoms with van der Waals surface area (Å²) >= 11 is 0. The lowest BCUT2D eigenvalue weighted by Crippen LogP contribution is -2.41. The van der Waals surface area contributed by atoms with Gasteiger partial charge in [0.2, 0.25) is 0 Å². The van der Waals surface area contributed by atoms with E-state index in [1.165, 1.54) is 0 Å². The Kier molecular flexibility index (Phi) is 7.77. The van der Waals surface area contributed by atoms with E-state index in [1.54, 1.807) is 32.4 Å². The van der Waals surface area contributed by atoms with Gasteiger partial charge in [0.25, 0.3) is 0 Å². The maximum Gasteiger partial charge on any atom is 0.324 e. The van der Waals surface area contributed by atoms with Crippen molar-refractivity contribution in [2.75, 3.05) is 27.4 Å². The van der Waals surface area contributed by atoms with E-state index in [0.717, 1.165) is 11.1 Å². The number of Topliss-reactive ketones (excluding diaryl/α,β-unsaturated/α-hetero) is 1. The van der Waals surface area contributed by atoms with Crippen molar-refractivity contribution in [1.29, 1.82) is 0 Å². The van der Waals surface area contributed by atoms with Gasteiger partial charge < -0.3 is 19.1 Å². The van der Waals surface area contributed by atoms with E-state index in [0.29, 0.717) is 42.5 Å². The van der Waals surface area contributed by atoms with Crippen LogP contribution in [0, 0.1) is 5.92 Å². The molecule has 0 N–H and O–H groups in total. The summed E-state index contributed by atoms with van der Waals surface area (Å²) in [6, 6.07) is 25.2. The number of cyclic esters (lactones) is 1. The van der Waals surface area contributed by atoms with Crippen LogP contribution in [0.15, 0.2) is 83.9 Å². The highest BCUT2D eigenvalue weighted by molar-refractivity contribution is 6.22. The number of carbonyl (C=O) groups is 2. The SMILES string of the molecule is COc1ccc(N=C(C2C(=O)COC2=O)N(CCc2ccccc2)Cc2ccccc2)c(OC)c1. The summed E-state index contributed by atoms with van der Waals surface area (Å²) in [6.45, 7) is 0.773. The number of nitrogens with zero attached hydrogens (tertiary/aromatic N) is 2.